The van der Waals surface area contributed by atoms with E-state index in [0.717, 1.165) is 16.9 Å². The SMILES string of the molecule is CCc1ccsc1CNS(=O)(=O)c1ccc(C#N)cc1Cl. The van der Waals surface area contributed by atoms with Crippen molar-refractivity contribution in [3.8, 4) is 6.07 Å². The summed E-state index contributed by atoms with van der Waals surface area (Å²) in [6, 6.07) is 8.03. The Morgan fingerprint density at radius 2 is 2.14 bits per heavy atom. The average molecular weight is 341 g/mol. The first-order chi connectivity index (χ1) is 9.97. The van der Waals surface area contributed by atoms with Crippen LogP contribution in [0, 0.1) is 11.3 Å². The number of halogens is 1. The highest BCUT2D eigenvalue weighted by Crippen LogP contribution is 2.23. The molecule has 0 fully saturated rings. The van der Waals surface area contributed by atoms with Crippen molar-refractivity contribution in [2.45, 2.75) is 24.8 Å². The van der Waals surface area contributed by atoms with Crippen LogP contribution in [0.5, 0.6) is 0 Å². The fourth-order valence-electron chi connectivity index (χ4n) is 1.86. The molecule has 0 aliphatic carbocycles. The van der Waals surface area contributed by atoms with Crippen molar-refractivity contribution in [2.75, 3.05) is 0 Å². The molecule has 110 valence electrons. The van der Waals surface area contributed by atoms with Crippen LogP contribution in [0.15, 0.2) is 34.5 Å². The maximum atomic E-state index is 12.3. The smallest absolute Gasteiger partial charge is 0.207 e. The molecule has 4 nitrogen and oxygen atoms in total. The number of benzene rings is 1. The minimum atomic E-state index is -3.70. The largest absolute Gasteiger partial charge is 0.242 e. The number of hydrogen-bond donors (Lipinski definition) is 1. The molecule has 21 heavy (non-hydrogen) atoms. The van der Waals surface area contributed by atoms with Crippen molar-refractivity contribution in [2.24, 2.45) is 0 Å². The maximum absolute atomic E-state index is 12.3. The molecule has 2 aromatic rings. The van der Waals surface area contributed by atoms with E-state index in [2.05, 4.69) is 4.72 Å². The Bertz CT molecular complexity index is 792. The van der Waals surface area contributed by atoms with Crippen molar-refractivity contribution < 1.29 is 8.42 Å². The van der Waals surface area contributed by atoms with Gasteiger partial charge in [-0.1, -0.05) is 18.5 Å². The zero-order valence-corrected chi connectivity index (χ0v) is 13.6. The zero-order chi connectivity index (χ0) is 15.5. The molecule has 0 amide bonds. The van der Waals surface area contributed by atoms with Crippen LogP contribution in [0.3, 0.4) is 0 Å². The van der Waals surface area contributed by atoms with Gasteiger partial charge < -0.3 is 0 Å². The normalized spacial score (nSPS) is 11.3. The van der Waals surface area contributed by atoms with Crippen LogP contribution in [0.25, 0.3) is 0 Å². The standard InChI is InChI=1S/C14H13ClN2O2S2/c1-2-11-5-6-20-13(11)9-17-21(18,19)14-4-3-10(8-16)7-12(14)15/h3-7,17H,2,9H2,1H3. The van der Waals surface area contributed by atoms with Crippen LogP contribution in [0.1, 0.15) is 22.9 Å². The van der Waals surface area contributed by atoms with E-state index in [1.54, 1.807) is 0 Å². The summed E-state index contributed by atoms with van der Waals surface area (Å²) in [5.41, 5.74) is 1.46. The Kier molecular flexibility index (Phi) is 5.01. The van der Waals surface area contributed by atoms with Crippen LogP contribution in [-0.2, 0) is 23.0 Å². The van der Waals surface area contributed by atoms with Gasteiger partial charge in [-0.3, -0.25) is 0 Å². The van der Waals surface area contributed by atoms with Crippen LogP contribution in [0.2, 0.25) is 5.02 Å². The molecular formula is C14H13ClN2O2S2. The third-order valence-corrected chi connectivity index (χ3v) is 5.84. The Balaban J connectivity index is 2.21. The van der Waals surface area contributed by atoms with Gasteiger partial charge in [0, 0.05) is 11.4 Å². The number of nitriles is 1. The summed E-state index contributed by atoms with van der Waals surface area (Å²) in [5, 5.41) is 10.8. The van der Waals surface area contributed by atoms with E-state index in [4.69, 9.17) is 16.9 Å². The molecule has 1 N–H and O–H groups in total. The summed E-state index contributed by atoms with van der Waals surface area (Å²) in [6.45, 7) is 2.26. The van der Waals surface area contributed by atoms with Gasteiger partial charge in [0.15, 0.2) is 0 Å². The topological polar surface area (TPSA) is 70.0 Å². The van der Waals surface area contributed by atoms with E-state index in [0.29, 0.717) is 5.56 Å². The molecule has 0 saturated heterocycles. The zero-order valence-electron chi connectivity index (χ0n) is 11.3. The molecule has 0 bridgehead atoms. The summed E-state index contributed by atoms with van der Waals surface area (Å²) >= 11 is 7.46. The lowest BCUT2D eigenvalue weighted by molar-refractivity contribution is 0.581. The molecule has 7 heteroatoms. The number of rotatable bonds is 5. The first-order valence-electron chi connectivity index (χ1n) is 6.22. The van der Waals surface area contributed by atoms with E-state index in [-0.39, 0.29) is 16.5 Å². The van der Waals surface area contributed by atoms with Crippen LogP contribution in [0.4, 0.5) is 0 Å². The van der Waals surface area contributed by atoms with E-state index in [1.165, 1.54) is 29.5 Å². The highest BCUT2D eigenvalue weighted by atomic mass is 35.5. The first kappa shape index (κ1) is 16.0. The molecular weight excluding hydrogens is 328 g/mol. The fourth-order valence-corrected chi connectivity index (χ4v) is 4.41. The van der Waals surface area contributed by atoms with Gasteiger partial charge in [0.1, 0.15) is 4.90 Å². The number of nitrogens with zero attached hydrogens (tertiary/aromatic N) is 1. The molecule has 0 saturated carbocycles. The predicted molar refractivity (Wildman–Crippen MR) is 83.9 cm³/mol. The van der Waals surface area contributed by atoms with E-state index < -0.39 is 10.0 Å². The number of aryl methyl sites for hydroxylation is 1. The molecule has 1 heterocycles. The molecule has 1 aromatic carbocycles. The number of nitrogens with one attached hydrogen (secondary N) is 1. The number of thiophene rings is 1. The third-order valence-electron chi connectivity index (χ3n) is 2.99. The van der Waals surface area contributed by atoms with Gasteiger partial charge in [-0.25, -0.2) is 13.1 Å². The highest BCUT2D eigenvalue weighted by molar-refractivity contribution is 7.89. The predicted octanol–water partition coefficient (Wildman–Crippen LogP) is 3.31. The van der Waals surface area contributed by atoms with Gasteiger partial charge in [0.25, 0.3) is 0 Å². The maximum Gasteiger partial charge on any atom is 0.242 e. The van der Waals surface area contributed by atoms with Crippen molar-refractivity contribution in [3.63, 3.8) is 0 Å². The summed E-state index contributed by atoms with van der Waals surface area (Å²) in [4.78, 5) is 0.976. The lowest BCUT2D eigenvalue weighted by Gasteiger charge is -2.08. The monoisotopic (exact) mass is 340 g/mol. The second-order valence-electron chi connectivity index (χ2n) is 4.30. The molecule has 1 aromatic heterocycles. The average Bonchev–Trinajstić information content (AvgIpc) is 2.92. The summed E-state index contributed by atoms with van der Waals surface area (Å²) in [7, 11) is -3.70. The Hall–Kier alpha value is -1.39. The van der Waals surface area contributed by atoms with Gasteiger partial charge >= 0.3 is 0 Å². The quantitative estimate of drug-likeness (QED) is 0.907. The van der Waals surface area contributed by atoms with Crippen LogP contribution < -0.4 is 4.72 Å². The van der Waals surface area contributed by atoms with Gasteiger partial charge in [-0.2, -0.15) is 5.26 Å². The lowest BCUT2D eigenvalue weighted by atomic mass is 10.2. The molecule has 0 radical (unpaired) electrons. The fraction of sp³-hybridized carbons (Fsp3) is 0.214. The molecule has 0 aliphatic heterocycles. The van der Waals surface area contributed by atoms with E-state index >= 15 is 0 Å². The second-order valence-corrected chi connectivity index (χ2v) is 7.45. The summed E-state index contributed by atoms with van der Waals surface area (Å²) < 4.78 is 27.1. The van der Waals surface area contributed by atoms with Crippen molar-refractivity contribution in [1.29, 1.82) is 5.26 Å². The minimum Gasteiger partial charge on any atom is -0.207 e. The summed E-state index contributed by atoms with van der Waals surface area (Å²) in [6.07, 6.45) is 0.859. The molecule has 2 rings (SSSR count). The van der Waals surface area contributed by atoms with Crippen molar-refractivity contribution >= 4 is 33.0 Å². The van der Waals surface area contributed by atoms with Crippen LogP contribution >= 0.6 is 22.9 Å². The van der Waals surface area contributed by atoms with Crippen molar-refractivity contribution in [3.05, 3.63) is 50.7 Å². The Morgan fingerprint density at radius 3 is 2.76 bits per heavy atom. The van der Waals surface area contributed by atoms with Gasteiger partial charge in [-0.15, -0.1) is 11.3 Å². The Morgan fingerprint density at radius 1 is 1.38 bits per heavy atom. The lowest BCUT2D eigenvalue weighted by Crippen LogP contribution is -2.23. The molecule has 0 unspecified atom stereocenters. The minimum absolute atomic E-state index is 0.0160. The van der Waals surface area contributed by atoms with E-state index in [1.807, 2.05) is 24.4 Å². The summed E-state index contributed by atoms with van der Waals surface area (Å²) in [5.74, 6) is 0. The van der Waals surface area contributed by atoms with Crippen LogP contribution in [-0.4, -0.2) is 8.42 Å². The van der Waals surface area contributed by atoms with Crippen molar-refractivity contribution in [1.82, 2.24) is 4.72 Å². The number of sulfonamides is 1. The van der Waals surface area contributed by atoms with E-state index in [9.17, 15) is 8.42 Å². The van der Waals surface area contributed by atoms with Gasteiger partial charge in [-0.05, 0) is 41.6 Å². The molecule has 0 spiro atoms. The molecule has 0 atom stereocenters. The van der Waals surface area contributed by atoms with Gasteiger partial charge in [0.05, 0.1) is 16.7 Å². The highest BCUT2D eigenvalue weighted by Gasteiger charge is 2.18. The van der Waals surface area contributed by atoms with Gasteiger partial charge in [0.2, 0.25) is 10.0 Å². The number of hydrogen-bond acceptors (Lipinski definition) is 4. The Labute approximate surface area is 133 Å². The first-order valence-corrected chi connectivity index (χ1v) is 8.96. The molecule has 0 aliphatic rings. The second kappa shape index (κ2) is 6.58. The third kappa shape index (κ3) is 3.63.